The van der Waals surface area contributed by atoms with E-state index in [1.165, 1.54) is 5.56 Å². The first-order valence-corrected chi connectivity index (χ1v) is 9.74. The van der Waals surface area contributed by atoms with Crippen molar-refractivity contribution in [2.45, 2.75) is 32.4 Å². The summed E-state index contributed by atoms with van der Waals surface area (Å²) in [5, 5.41) is 5.01. The van der Waals surface area contributed by atoms with Gasteiger partial charge in [-0.25, -0.2) is 9.78 Å². The van der Waals surface area contributed by atoms with Crippen molar-refractivity contribution in [2.24, 2.45) is 0 Å². The van der Waals surface area contributed by atoms with Crippen molar-refractivity contribution in [1.29, 1.82) is 0 Å². The summed E-state index contributed by atoms with van der Waals surface area (Å²) in [6, 6.07) is 7.87. The predicted octanol–water partition coefficient (Wildman–Crippen LogP) is 3.49. The first-order chi connectivity index (χ1) is 12.6. The highest BCUT2D eigenvalue weighted by atomic mass is 32.1. The third-order valence-electron chi connectivity index (χ3n) is 4.68. The Hall–Kier alpha value is -2.54. The molecular formula is C19H22N4O2S. The fourth-order valence-corrected chi connectivity index (χ4v) is 3.78. The minimum absolute atomic E-state index is 0.0571. The van der Waals surface area contributed by atoms with Crippen molar-refractivity contribution in [3.8, 4) is 5.75 Å². The number of aryl methyl sites for hydroxylation is 1. The Labute approximate surface area is 156 Å². The number of likely N-dealkylation sites (tertiary alicyclic amines) is 1. The quantitative estimate of drug-likeness (QED) is 0.748. The highest BCUT2D eigenvalue weighted by Crippen LogP contribution is 2.23. The molecule has 1 N–H and O–H groups in total. The number of urea groups is 1. The van der Waals surface area contributed by atoms with Crippen LogP contribution in [0.2, 0.25) is 0 Å². The van der Waals surface area contributed by atoms with Crippen LogP contribution in [0.5, 0.6) is 5.75 Å². The second-order valence-corrected chi connectivity index (χ2v) is 7.41. The van der Waals surface area contributed by atoms with Gasteiger partial charge in [-0.1, -0.05) is 25.1 Å². The van der Waals surface area contributed by atoms with E-state index in [-0.39, 0.29) is 18.2 Å². The van der Waals surface area contributed by atoms with Crippen LogP contribution in [0.4, 0.5) is 4.79 Å². The number of rotatable bonds is 5. The number of aromatic nitrogens is 2. The van der Waals surface area contributed by atoms with Gasteiger partial charge in [0, 0.05) is 17.8 Å². The van der Waals surface area contributed by atoms with Gasteiger partial charge in [0.05, 0.1) is 24.8 Å². The molecule has 1 aromatic carbocycles. The summed E-state index contributed by atoms with van der Waals surface area (Å²) in [7, 11) is 0. The first-order valence-electron chi connectivity index (χ1n) is 8.86. The Bertz CT molecular complexity index is 885. The van der Waals surface area contributed by atoms with E-state index < -0.39 is 0 Å². The largest absolute Gasteiger partial charge is 0.486 e. The van der Waals surface area contributed by atoms with E-state index in [2.05, 4.69) is 23.3 Å². The average molecular weight is 370 g/mol. The normalized spacial score (nSPS) is 15.7. The van der Waals surface area contributed by atoms with E-state index in [0.29, 0.717) is 13.1 Å². The van der Waals surface area contributed by atoms with Crippen LogP contribution in [0.1, 0.15) is 31.1 Å². The number of hydrogen-bond acceptors (Lipinski definition) is 4. The molecule has 0 radical (unpaired) electrons. The van der Waals surface area contributed by atoms with E-state index >= 15 is 0 Å². The second-order valence-electron chi connectivity index (χ2n) is 6.54. The number of imidazole rings is 1. The molecule has 136 valence electrons. The fourth-order valence-electron chi connectivity index (χ4n) is 3.07. The van der Waals surface area contributed by atoms with Gasteiger partial charge in [-0.2, -0.15) is 0 Å². The number of carbonyl (C=O) groups is 1. The van der Waals surface area contributed by atoms with Crippen molar-refractivity contribution >= 4 is 22.3 Å². The van der Waals surface area contributed by atoms with Crippen LogP contribution in [0.25, 0.3) is 4.96 Å². The number of benzene rings is 1. The molecule has 0 unspecified atom stereocenters. The standard InChI is InChI=1S/C19H22N4O2S/c1-3-14-6-4-5-7-17(14)25-15-10-23(11-15)18(24)20-13(2)16-12-22-8-9-26-19(22)21-16/h4-9,12-13,15H,3,10-11H2,1-2H3,(H,20,24)/t13-/m0/s1. The number of thiazole rings is 1. The van der Waals surface area contributed by atoms with Crippen molar-refractivity contribution < 1.29 is 9.53 Å². The number of para-hydroxylation sites is 1. The summed E-state index contributed by atoms with van der Waals surface area (Å²) in [6.07, 6.45) is 4.92. The molecule has 3 aromatic rings. The monoisotopic (exact) mass is 370 g/mol. The number of nitrogens with zero attached hydrogens (tertiary/aromatic N) is 3. The van der Waals surface area contributed by atoms with Crippen LogP contribution < -0.4 is 10.1 Å². The van der Waals surface area contributed by atoms with Crippen molar-refractivity contribution in [2.75, 3.05) is 13.1 Å². The molecule has 0 spiro atoms. The van der Waals surface area contributed by atoms with Gasteiger partial charge in [0.2, 0.25) is 0 Å². The Morgan fingerprint density at radius 2 is 2.23 bits per heavy atom. The predicted molar refractivity (Wildman–Crippen MR) is 102 cm³/mol. The van der Waals surface area contributed by atoms with Crippen LogP contribution in [-0.4, -0.2) is 39.5 Å². The van der Waals surface area contributed by atoms with Gasteiger partial charge in [0.1, 0.15) is 11.9 Å². The fraction of sp³-hybridized carbons (Fsp3) is 0.368. The Kier molecular flexibility index (Phi) is 4.55. The third-order valence-corrected chi connectivity index (χ3v) is 5.45. The molecule has 4 rings (SSSR count). The zero-order chi connectivity index (χ0) is 18.1. The molecule has 26 heavy (non-hydrogen) atoms. The maximum Gasteiger partial charge on any atom is 0.318 e. The summed E-state index contributed by atoms with van der Waals surface area (Å²) >= 11 is 1.58. The van der Waals surface area contributed by atoms with E-state index in [9.17, 15) is 4.79 Å². The van der Waals surface area contributed by atoms with E-state index in [0.717, 1.165) is 22.8 Å². The maximum absolute atomic E-state index is 12.4. The highest BCUT2D eigenvalue weighted by molar-refractivity contribution is 7.15. The first kappa shape index (κ1) is 16.9. The van der Waals surface area contributed by atoms with Crippen molar-refractivity contribution in [3.63, 3.8) is 0 Å². The molecule has 3 heterocycles. The van der Waals surface area contributed by atoms with Gasteiger partial charge in [-0.15, -0.1) is 11.3 Å². The topological polar surface area (TPSA) is 58.9 Å². The van der Waals surface area contributed by atoms with Crippen molar-refractivity contribution in [1.82, 2.24) is 19.6 Å². The molecule has 2 amide bonds. The maximum atomic E-state index is 12.4. The number of carbonyl (C=O) groups excluding carboxylic acids is 1. The summed E-state index contributed by atoms with van der Waals surface area (Å²) in [6.45, 7) is 5.28. The molecule has 1 atom stereocenters. The summed E-state index contributed by atoms with van der Waals surface area (Å²) < 4.78 is 8.01. The lowest BCUT2D eigenvalue weighted by atomic mass is 10.1. The molecule has 1 aliphatic rings. The van der Waals surface area contributed by atoms with Crippen LogP contribution in [0, 0.1) is 0 Å². The molecule has 1 fully saturated rings. The van der Waals surface area contributed by atoms with Gasteiger partial charge in [-0.05, 0) is 25.0 Å². The summed E-state index contributed by atoms with van der Waals surface area (Å²) in [4.78, 5) is 19.7. The van der Waals surface area contributed by atoms with Gasteiger partial charge in [-0.3, -0.25) is 4.40 Å². The molecule has 0 saturated carbocycles. The van der Waals surface area contributed by atoms with Crippen LogP contribution in [-0.2, 0) is 6.42 Å². The molecule has 1 saturated heterocycles. The van der Waals surface area contributed by atoms with Crippen LogP contribution in [0.15, 0.2) is 42.0 Å². The molecule has 2 aromatic heterocycles. The van der Waals surface area contributed by atoms with Crippen LogP contribution >= 0.6 is 11.3 Å². The molecule has 0 bridgehead atoms. The average Bonchev–Trinajstić information content (AvgIpc) is 3.19. The van der Waals surface area contributed by atoms with E-state index in [4.69, 9.17) is 4.74 Å². The molecular weight excluding hydrogens is 348 g/mol. The van der Waals surface area contributed by atoms with Gasteiger partial charge >= 0.3 is 6.03 Å². The number of nitrogens with one attached hydrogen (secondary N) is 1. The zero-order valence-electron chi connectivity index (χ0n) is 14.9. The molecule has 0 aliphatic carbocycles. The highest BCUT2D eigenvalue weighted by Gasteiger charge is 2.33. The molecule has 7 heteroatoms. The minimum atomic E-state index is -0.129. The number of amides is 2. The summed E-state index contributed by atoms with van der Waals surface area (Å²) in [5.74, 6) is 0.923. The lowest BCUT2D eigenvalue weighted by Crippen LogP contribution is -2.59. The Morgan fingerprint density at radius 3 is 3.00 bits per heavy atom. The second kappa shape index (κ2) is 6.99. The number of ether oxygens (including phenoxy) is 1. The SMILES string of the molecule is CCc1ccccc1OC1CN(C(=O)N[C@@H](C)c2cn3ccsc3n2)C1. The molecule has 1 aliphatic heterocycles. The van der Waals surface area contributed by atoms with E-state index in [1.54, 1.807) is 16.2 Å². The zero-order valence-corrected chi connectivity index (χ0v) is 15.7. The Morgan fingerprint density at radius 1 is 1.42 bits per heavy atom. The minimum Gasteiger partial charge on any atom is -0.486 e. The van der Waals surface area contributed by atoms with E-state index in [1.807, 2.05) is 47.3 Å². The number of hydrogen-bond donors (Lipinski definition) is 1. The van der Waals surface area contributed by atoms with Gasteiger partial charge < -0.3 is 15.0 Å². The van der Waals surface area contributed by atoms with Crippen LogP contribution in [0.3, 0.4) is 0 Å². The third kappa shape index (κ3) is 3.26. The summed E-state index contributed by atoms with van der Waals surface area (Å²) in [5.41, 5.74) is 2.07. The lowest BCUT2D eigenvalue weighted by molar-refractivity contribution is 0.0430. The molecule has 6 nitrogen and oxygen atoms in total. The lowest BCUT2D eigenvalue weighted by Gasteiger charge is -2.39. The van der Waals surface area contributed by atoms with Gasteiger partial charge in [0.25, 0.3) is 0 Å². The van der Waals surface area contributed by atoms with Gasteiger partial charge in [0.15, 0.2) is 4.96 Å². The number of fused-ring (bicyclic) bond motifs is 1. The van der Waals surface area contributed by atoms with Crippen molar-refractivity contribution in [3.05, 3.63) is 53.3 Å². The smallest absolute Gasteiger partial charge is 0.318 e. The Balaban J connectivity index is 1.29.